The highest BCUT2D eigenvalue weighted by Crippen LogP contribution is 2.22. The fourth-order valence-corrected chi connectivity index (χ4v) is 2.01. The molecule has 0 radical (unpaired) electrons. The number of morpholine rings is 1. The van der Waals surface area contributed by atoms with Gasteiger partial charge in [0.15, 0.2) is 0 Å². The van der Waals surface area contributed by atoms with Gasteiger partial charge in [0.2, 0.25) is 0 Å². The van der Waals surface area contributed by atoms with Gasteiger partial charge in [-0.1, -0.05) is 19.9 Å². The summed E-state index contributed by atoms with van der Waals surface area (Å²) in [4.78, 5) is 6.90. The average Bonchev–Trinajstić information content (AvgIpc) is 2.30. The number of hydrogen-bond donors (Lipinski definition) is 0. The highest BCUT2D eigenvalue weighted by molar-refractivity contribution is 5.48. The van der Waals surface area contributed by atoms with Crippen molar-refractivity contribution in [1.29, 1.82) is 0 Å². The molecule has 0 unspecified atom stereocenters. The Morgan fingerprint density at radius 3 is 2.56 bits per heavy atom. The summed E-state index contributed by atoms with van der Waals surface area (Å²) in [7, 11) is 0. The van der Waals surface area contributed by atoms with Crippen molar-refractivity contribution in [2.24, 2.45) is 0 Å². The van der Waals surface area contributed by atoms with Crippen LogP contribution < -0.4 is 4.90 Å². The summed E-state index contributed by atoms with van der Waals surface area (Å²) in [6.45, 7) is 10.1. The molecule has 1 saturated heterocycles. The van der Waals surface area contributed by atoms with Crippen LogP contribution in [-0.2, 0) is 4.74 Å². The fourth-order valence-electron chi connectivity index (χ4n) is 2.01. The molecule has 1 aliphatic rings. The highest BCUT2D eigenvalue weighted by atomic mass is 16.5. The van der Waals surface area contributed by atoms with Gasteiger partial charge < -0.3 is 9.64 Å². The summed E-state index contributed by atoms with van der Waals surface area (Å²) < 4.78 is 5.35. The van der Waals surface area contributed by atoms with Gasteiger partial charge in [-0.15, -0.1) is 0 Å². The minimum absolute atomic E-state index is 0.546. The molecule has 0 aliphatic carbocycles. The van der Waals surface area contributed by atoms with E-state index in [1.807, 2.05) is 6.20 Å². The maximum atomic E-state index is 5.35. The predicted molar refractivity (Wildman–Crippen MR) is 66.1 cm³/mol. The van der Waals surface area contributed by atoms with Crippen molar-refractivity contribution in [3.8, 4) is 0 Å². The molecule has 1 aromatic heterocycles. The smallest absolute Gasteiger partial charge is 0.131 e. The summed E-state index contributed by atoms with van der Waals surface area (Å²) in [5.74, 6) is 1.66. The standard InChI is InChI=1S/C13H20N2O/c1-10(2)12-8-11(3)13(14-9-12)15-4-6-16-7-5-15/h8-10H,4-7H2,1-3H3. The number of pyridine rings is 1. The van der Waals surface area contributed by atoms with Crippen LogP contribution in [-0.4, -0.2) is 31.3 Å². The molecule has 1 aromatic rings. The summed E-state index contributed by atoms with van der Waals surface area (Å²) in [5.41, 5.74) is 2.59. The largest absolute Gasteiger partial charge is 0.378 e. The zero-order chi connectivity index (χ0) is 11.5. The average molecular weight is 220 g/mol. The molecule has 88 valence electrons. The molecule has 0 aromatic carbocycles. The molecule has 3 nitrogen and oxygen atoms in total. The molecule has 2 heterocycles. The van der Waals surface area contributed by atoms with Gasteiger partial charge in [-0.3, -0.25) is 0 Å². The SMILES string of the molecule is Cc1cc(C(C)C)cnc1N1CCOCC1. The van der Waals surface area contributed by atoms with Gasteiger partial charge in [-0.05, 0) is 24.0 Å². The van der Waals surface area contributed by atoms with E-state index in [1.165, 1.54) is 11.1 Å². The van der Waals surface area contributed by atoms with Gasteiger partial charge in [-0.25, -0.2) is 4.98 Å². The van der Waals surface area contributed by atoms with E-state index in [0.29, 0.717) is 5.92 Å². The molecule has 0 spiro atoms. The Labute approximate surface area is 97.4 Å². The van der Waals surface area contributed by atoms with E-state index in [9.17, 15) is 0 Å². The Morgan fingerprint density at radius 2 is 2.00 bits per heavy atom. The van der Waals surface area contributed by atoms with Gasteiger partial charge in [-0.2, -0.15) is 0 Å². The van der Waals surface area contributed by atoms with E-state index < -0.39 is 0 Å². The topological polar surface area (TPSA) is 25.4 Å². The summed E-state index contributed by atoms with van der Waals surface area (Å²) in [6.07, 6.45) is 2.00. The highest BCUT2D eigenvalue weighted by Gasteiger charge is 2.15. The lowest BCUT2D eigenvalue weighted by molar-refractivity contribution is 0.122. The molecule has 0 atom stereocenters. The lowest BCUT2D eigenvalue weighted by Gasteiger charge is -2.29. The van der Waals surface area contributed by atoms with Crippen LogP contribution in [0.5, 0.6) is 0 Å². The number of aryl methyl sites for hydroxylation is 1. The van der Waals surface area contributed by atoms with Crippen LogP contribution in [0.1, 0.15) is 30.9 Å². The second kappa shape index (κ2) is 4.83. The third kappa shape index (κ3) is 2.35. The number of aromatic nitrogens is 1. The molecular formula is C13H20N2O. The van der Waals surface area contributed by atoms with Crippen molar-refractivity contribution in [2.45, 2.75) is 26.7 Å². The minimum Gasteiger partial charge on any atom is -0.378 e. The first-order valence-electron chi connectivity index (χ1n) is 5.97. The molecule has 0 saturated carbocycles. The number of hydrogen-bond acceptors (Lipinski definition) is 3. The van der Waals surface area contributed by atoms with Gasteiger partial charge in [0.25, 0.3) is 0 Å². The molecule has 2 rings (SSSR count). The Morgan fingerprint density at radius 1 is 1.31 bits per heavy atom. The van der Waals surface area contributed by atoms with Gasteiger partial charge in [0.1, 0.15) is 5.82 Å². The molecular weight excluding hydrogens is 200 g/mol. The van der Waals surface area contributed by atoms with Crippen molar-refractivity contribution in [2.75, 3.05) is 31.2 Å². The number of ether oxygens (including phenoxy) is 1. The van der Waals surface area contributed by atoms with Crippen molar-refractivity contribution in [3.05, 3.63) is 23.4 Å². The maximum Gasteiger partial charge on any atom is 0.131 e. The number of rotatable bonds is 2. The predicted octanol–water partition coefficient (Wildman–Crippen LogP) is 2.35. The monoisotopic (exact) mass is 220 g/mol. The molecule has 1 aliphatic heterocycles. The van der Waals surface area contributed by atoms with Crippen LogP contribution in [0.15, 0.2) is 12.3 Å². The first-order chi connectivity index (χ1) is 7.68. The second-order valence-electron chi connectivity index (χ2n) is 4.66. The van der Waals surface area contributed by atoms with Gasteiger partial charge in [0, 0.05) is 19.3 Å². The minimum atomic E-state index is 0.546. The summed E-state index contributed by atoms with van der Waals surface area (Å²) in [6, 6.07) is 2.25. The zero-order valence-corrected chi connectivity index (χ0v) is 10.4. The van der Waals surface area contributed by atoms with Crippen LogP contribution in [0, 0.1) is 6.92 Å². The van der Waals surface area contributed by atoms with E-state index in [0.717, 1.165) is 32.1 Å². The number of nitrogens with zero attached hydrogens (tertiary/aromatic N) is 2. The van der Waals surface area contributed by atoms with Crippen molar-refractivity contribution in [1.82, 2.24) is 4.98 Å². The molecule has 1 fully saturated rings. The second-order valence-corrected chi connectivity index (χ2v) is 4.66. The molecule has 0 bridgehead atoms. The first-order valence-corrected chi connectivity index (χ1v) is 5.97. The zero-order valence-electron chi connectivity index (χ0n) is 10.4. The number of anilines is 1. The normalized spacial score (nSPS) is 16.9. The third-order valence-electron chi connectivity index (χ3n) is 3.05. The molecule has 0 N–H and O–H groups in total. The van der Waals surface area contributed by atoms with Crippen molar-refractivity contribution >= 4 is 5.82 Å². The molecule has 0 amide bonds. The quantitative estimate of drug-likeness (QED) is 0.765. The molecule has 3 heteroatoms. The van der Waals surface area contributed by atoms with Crippen LogP contribution >= 0.6 is 0 Å². The van der Waals surface area contributed by atoms with E-state index in [-0.39, 0.29) is 0 Å². The van der Waals surface area contributed by atoms with Gasteiger partial charge >= 0.3 is 0 Å². The Kier molecular flexibility index (Phi) is 3.44. The van der Waals surface area contributed by atoms with E-state index in [1.54, 1.807) is 0 Å². The third-order valence-corrected chi connectivity index (χ3v) is 3.05. The van der Waals surface area contributed by atoms with Crippen molar-refractivity contribution in [3.63, 3.8) is 0 Å². The van der Waals surface area contributed by atoms with Crippen LogP contribution in [0.2, 0.25) is 0 Å². The molecule has 16 heavy (non-hydrogen) atoms. The van der Waals surface area contributed by atoms with E-state index in [2.05, 4.69) is 36.7 Å². The Balaban J connectivity index is 2.21. The fraction of sp³-hybridized carbons (Fsp3) is 0.615. The Bertz CT molecular complexity index is 357. The first kappa shape index (κ1) is 11.4. The van der Waals surface area contributed by atoms with Crippen LogP contribution in [0.3, 0.4) is 0 Å². The van der Waals surface area contributed by atoms with E-state index >= 15 is 0 Å². The summed E-state index contributed by atoms with van der Waals surface area (Å²) in [5, 5.41) is 0. The lowest BCUT2D eigenvalue weighted by atomic mass is 10.0. The summed E-state index contributed by atoms with van der Waals surface area (Å²) >= 11 is 0. The maximum absolute atomic E-state index is 5.35. The van der Waals surface area contributed by atoms with Crippen LogP contribution in [0.25, 0.3) is 0 Å². The van der Waals surface area contributed by atoms with Gasteiger partial charge in [0.05, 0.1) is 13.2 Å². The van der Waals surface area contributed by atoms with Crippen LogP contribution in [0.4, 0.5) is 5.82 Å². The Hall–Kier alpha value is -1.09. The van der Waals surface area contributed by atoms with Crippen molar-refractivity contribution < 1.29 is 4.74 Å². The lowest BCUT2D eigenvalue weighted by Crippen LogP contribution is -2.37. The van der Waals surface area contributed by atoms with E-state index in [4.69, 9.17) is 4.74 Å².